The van der Waals surface area contributed by atoms with Gasteiger partial charge >= 0.3 is 154 Å². The van der Waals surface area contributed by atoms with Crippen molar-refractivity contribution in [1.82, 2.24) is 0 Å². The van der Waals surface area contributed by atoms with E-state index < -0.39 is 14.5 Å². The standard InChI is InChI=1S/C11H15OTe.2C4H9.Al/c1-2-3-9-13-11(12)10-7-5-4-6-8-10;2*1-4(2)3;/h4-8,11H,2-3,9H2,1H3;2*4H,1H2,2-3H3;/q-1;;;+1. The van der Waals surface area contributed by atoms with E-state index in [1.54, 1.807) is 0 Å². The maximum atomic E-state index is 6.80. The molecule has 1 unspecified atom stereocenters. The Morgan fingerprint density at radius 1 is 1.00 bits per heavy atom. The van der Waals surface area contributed by atoms with Gasteiger partial charge in [-0.1, -0.05) is 0 Å². The van der Waals surface area contributed by atoms with Crippen LogP contribution in [0.4, 0.5) is 0 Å². The minimum atomic E-state index is -1.10. The summed E-state index contributed by atoms with van der Waals surface area (Å²) in [6, 6.07) is 11.0. The summed E-state index contributed by atoms with van der Waals surface area (Å²) in [7, 11) is 0. The second-order valence-electron chi connectivity index (χ2n) is 6.98. The summed E-state index contributed by atoms with van der Waals surface area (Å²) in [6.07, 6.45) is 2.68. The molecule has 0 saturated carbocycles. The molecule has 0 radical (unpaired) electrons. The number of hydrogen-bond acceptors (Lipinski definition) is 1. The van der Waals surface area contributed by atoms with Crippen molar-refractivity contribution in [2.24, 2.45) is 11.8 Å². The summed E-state index contributed by atoms with van der Waals surface area (Å²) in [5.74, 6) is 1.53. The van der Waals surface area contributed by atoms with Crippen LogP contribution < -0.4 is 0 Å². The van der Waals surface area contributed by atoms with Crippen molar-refractivity contribution in [1.29, 1.82) is 0 Å². The van der Waals surface area contributed by atoms with E-state index >= 15 is 0 Å². The van der Waals surface area contributed by atoms with Gasteiger partial charge in [-0.15, -0.1) is 0 Å². The summed E-state index contributed by atoms with van der Waals surface area (Å²) < 4.78 is 8.66. The van der Waals surface area contributed by atoms with Gasteiger partial charge in [-0.2, -0.15) is 0 Å². The maximum absolute atomic E-state index is 6.80. The molecule has 3 heteroatoms. The molecule has 0 aliphatic heterocycles. The van der Waals surface area contributed by atoms with Crippen molar-refractivity contribution >= 4 is 35.4 Å². The van der Waals surface area contributed by atoms with E-state index in [-0.39, 0.29) is 20.9 Å². The van der Waals surface area contributed by atoms with Crippen LogP contribution in [0.2, 0.25) is 15.0 Å². The molecule has 1 atom stereocenters. The van der Waals surface area contributed by atoms with Crippen molar-refractivity contribution < 1.29 is 3.79 Å². The number of rotatable bonds is 11. The molecule has 0 fully saturated rings. The van der Waals surface area contributed by atoms with E-state index in [4.69, 9.17) is 3.79 Å². The Morgan fingerprint density at radius 2 is 1.59 bits per heavy atom. The first kappa shape index (κ1) is 20.5. The van der Waals surface area contributed by atoms with Gasteiger partial charge in [-0.3, -0.25) is 0 Å². The van der Waals surface area contributed by atoms with Gasteiger partial charge in [0.15, 0.2) is 0 Å². The number of benzene rings is 1. The molecule has 0 amide bonds. The Labute approximate surface area is 153 Å². The van der Waals surface area contributed by atoms with Crippen molar-refractivity contribution in [3.8, 4) is 0 Å². The first-order chi connectivity index (χ1) is 10.5. The first-order valence-corrected chi connectivity index (χ1v) is 13.9. The molecular weight excluding hydrogens is 399 g/mol. The van der Waals surface area contributed by atoms with Crippen molar-refractivity contribution in [3.63, 3.8) is 0 Å². The second kappa shape index (κ2) is 11.9. The molecule has 0 aliphatic carbocycles. The average Bonchev–Trinajstić information content (AvgIpc) is 2.46. The van der Waals surface area contributed by atoms with Crippen molar-refractivity contribution in [3.05, 3.63) is 35.9 Å². The molecule has 1 aromatic carbocycles. The first-order valence-electron chi connectivity index (χ1n) is 8.84. The van der Waals surface area contributed by atoms with Gasteiger partial charge in [0.05, 0.1) is 0 Å². The summed E-state index contributed by atoms with van der Waals surface area (Å²) in [5, 5.41) is 2.64. The topological polar surface area (TPSA) is 9.23 Å². The molecule has 1 aromatic rings. The fourth-order valence-electron chi connectivity index (χ4n) is 2.59. The quantitative estimate of drug-likeness (QED) is 0.311. The van der Waals surface area contributed by atoms with Crippen LogP contribution in [0.15, 0.2) is 30.3 Å². The predicted molar refractivity (Wildman–Crippen MR) is 101 cm³/mol. The van der Waals surface area contributed by atoms with E-state index in [0.29, 0.717) is 4.15 Å². The van der Waals surface area contributed by atoms with Crippen LogP contribution in [0, 0.1) is 11.8 Å². The summed E-state index contributed by atoms with van der Waals surface area (Å²) in [5.41, 5.74) is 1.44. The monoisotopic (exact) mass is 434 g/mol. The van der Waals surface area contributed by atoms with E-state index in [1.807, 2.05) is 0 Å². The Balaban J connectivity index is 2.74. The zero-order chi connectivity index (χ0) is 16.4. The average molecular weight is 432 g/mol. The summed E-state index contributed by atoms with van der Waals surface area (Å²) in [6.45, 7) is 11.7. The van der Waals surface area contributed by atoms with E-state index in [9.17, 15) is 0 Å². The van der Waals surface area contributed by atoms with Gasteiger partial charge in [-0.05, 0) is 0 Å². The van der Waals surface area contributed by atoms with E-state index in [0.717, 1.165) is 11.8 Å². The Bertz CT molecular complexity index is 370. The number of unbranched alkanes of at least 4 members (excludes halogenated alkanes) is 1. The third kappa shape index (κ3) is 8.96. The molecule has 1 rings (SSSR count). The minimum absolute atomic E-state index is 0.0950. The van der Waals surface area contributed by atoms with Crippen LogP contribution in [-0.2, 0) is 3.79 Å². The van der Waals surface area contributed by atoms with Crippen LogP contribution in [0.25, 0.3) is 0 Å². The normalized spacial score (nSPS) is 12.9. The van der Waals surface area contributed by atoms with Crippen LogP contribution in [0.5, 0.6) is 0 Å². The summed E-state index contributed by atoms with van der Waals surface area (Å²) >= 11 is -1.19. The van der Waals surface area contributed by atoms with E-state index in [2.05, 4.69) is 65.0 Å². The molecule has 1 nitrogen and oxygen atoms in total. The van der Waals surface area contributed by atoms with Gasteiger partial charge in [0.2, 0.25) is 0 Å². The van der Waals surface area contributed by atoms with Crippen LogP contribution in [0.1, 0.15) is 57.2 Å². The third-order valence-corrected chi connectivity index (χ3v) is 11.3. The van der Waals surface area contributed by atoms with Gasteiger partial charge < -0.3 is 0 Å². The molecule has 0 N–H and O–H groups in total. The molecule has 22 heavy (non-hydrogen) atoms. The molecule has 0 saturated heterocycles. The van der Waals surface area contributed by atoms with Gasteiger partial charge in [-0.25, -0.2) is 0 Å². The third-order valence-electron chi connectivity index (χ3n) is 3.62. The Kier molecular flexibility index (Phi) is 11.2. The van der Waals surface area contributed by atoms with Crippen LogP contribution >= 0.6 is 0 Å². The zero-order valence-corrected chi connectivity index (χ0v) is 18.5. The van der Waals surface area contributed by atoms with Crippen LogP contribution in [-0.4, -0.2) is 35.4 Å². The van der Waals surface area contributed by atoms with Crippen LogP contribution in [0.3, 0.4) is 0 Å². The Morgan fingerprint density at radius 3 is 2.09 bits per heavy atom. The second-order valence-corrected chi connectivity index (χ2v) is 12.8. The van der Waals surface area contributed by atoms with Gasteiger partial charge in [0.25, 0.3) is 0 Å². The molecule has 0 bridgehead atoms. The van der Waals surface area contributed by atoms with E-state index in [1.165, 1.54) is 33.4 Å². The van der Waals surface area contributed by atoms with Gasteiger partial charge in [0.1, 0.15) is 0 Å². The van der Waals surface area contributed by atoms with Crippen molar-refractivity contribution in [2.45, 2.75) is 66.6 Å². The zero-order valence-electron chi connectivity index (χ0n) is 15.0. The Hall–Kier alpha value is 0.502. The molecule has 0 heterocycles. The molecule has 0 spiro atoms. The van der Waals surface area contributed by atoms with Crippen molar-refractivity contribution in [2.75, 3.05) is 0 Å². The molecular formula is C19H33AlOTe. The number of hydrogen-bond donors (Lipinski definition) is 0. The molecule has 0 aliphatic rings. The fraction of sp³-hybridized carbons (Fsp3) is 0.684. The SMILES string of the molecule is CCCC[Te]C([O][Al]([CH2]C(C)C)[CH2]C(C)C)c1ccccc1. The molecule has 124 valence electrons. The summed E-state index contributed by atoms with van der Waals surface area (Å²) in [4.78, 5) is 0. The molecule has 0 aromatic heterocycles. The predicted octanol–water partition coefficient (Wildman–Crippen LogP) is 5.93. The van der Waals surface area contributed by atoms with Gasteiger partial charge in [0, 0.05) is 0 Å². The fourth-order valence-corrected chi connectivity index (χ4v) is 10.6.